The summed E-state index contributed by atoms with van der Waals surface area (Å²) in [5.74, 6) is 0.128. The average Bonchev–Trinajstić information content (AvgIpc) is 3.15. The van der Waals surface area contributed by atoms with Gasteiger partial charge in [-0.05, 0) is 45.6 Å². The van der Waals surface area contributed by atoms with Gasteiger partial charge in [0.2, 0.25) is 5.91 Å². The number of hydrogen-bond acceptors (Lipinski definition) is 3. The molecule has 3 rings (SSSR count). The number of benzene rings is 2. The summed E-state index contributed by atoms with van der Waals surface area (Å²) < 4.78 is 0. The number of carbonyl (C=O) groups excluding carboxylic acids is 1. The summed E-state index contributed by atoms with van der Waals surface area (Å²) in [5.41, 5.74) is 4.53. The Morgan fingerprint density at radius 1 is 0.960 bits per heavy atom. The van der Waals surface area contributed by atoms with Gasteiger partial charge in [0.15, 0.2) is 0 Å². The van der Waals surface area contributed by atoms with Crippen molar-refractivity contribution in [2.45, 2.75) is 19.5 Å². The van der Waals surface area contributed by atoms with Crippen LogP contribution >= 0.6 is 11.3 Å². The molecule has 0 bridgehead atoms. The molecule has 0 unspecified atom stereocenters. The molecule has 0 atom stereocenters. The molecule has 1 aromatic heterocycles. The van der Waals surface area contributed by atoms with Gasteiger partial charge < -0.3 is 10.2 Å². The van der Waals surface area contributed by atoms with Crippen LogP contribution in [0.15, 0.2) is 71.4 Å². The molecule has 0 saturated carbocycles. The van der Waals surface area contributed by atoms with Gasteiger partial charge >= 0.3 is 0 Å². The number of amides is 1. The van der Waals surface area contributed by atoms with E-state index in [1.807, 2.05) is 61.6 Å². The highest BCUT2D eigenvalue weighted by Crippen LogP contribution is 2.14. The highest BCUT2D eigenvalue weighted by atomic mass is 32.1. The average molecular weight is 350 g/mol. The Bertz CT molecular complexity index is 783. The molecule has 1 heterocycles. The van der Waals surface area contributed by atoms with Crippen molar-refractivity contribution in [2.24, 2.45) is 0 Å². The minimum Gasteiger partial charge on any atom is -0.381 e. The van der Waals surface area contributed by atoms with Crippen molar-refractivity contribution in [3.8, 4) is 0 Å². The lowest BCUT2D eigenvalue weighted by atomic mass is 10.1. The van der Waals surface area contributed by atoms with Crippen LogP contribution in [0, 0.1) is 0 Å². The highest BCUT2D eigenvalue weighted by Gasteiger charge is 2.10. The molecule has 0 spiro atoms. The third-order valence-corrected chi connectivity index (χ3v) is 4.81. The fourth-order valence-electron chi connectivity index (χ4n) is 2.59. The van der Waals surface area contributed by atoms with E-state index in [1.54, 1.807) is 16.2 Å². The van der Waals surface area contributed by atoms with E-state index in [2.05, 4.69) is 22.1 Å². The highest BCUT2D eigenvalue weighted by molar-refractivity contribution is 7.07. The summed E-state index contributed by atoms with van der Waals surface area (Å²) >= 11 is 1.70. The summed E-state index contributed by atoms with van der Waals surface area (Å²) in [6.45, 7) is 1.46. The number of thiophene rings is 1. The van der Waals surface area contributed by atoms with Crippen LogP contribution in [-0.2, 0) is 24.3 Å². The molecule has 4 heteroatoms. The zero-order valence-corrected chi connectivity index (χ0v) is 15.1. The molecule has 3 nitrogen and oxygen atoms in total. The predicted octanol–water partition coefficient (Wildman–Crippen LogP) is 4.56. The Morgan fingerprint density at radius 2 is 1.72 bits per heavy atom. The van der Waals surface area contributed by atoms with Crippen LogP contribution in [0.25, 0.3) is 0 Å². The Labute approximate surface area is 152 Å². The predicted molar refractivity (Wildman–Crippen MR) is 105 cm³/mol. The molecule has 0 radical (unpaired) electrons. The zero-order valence-electron chi connectivity index (χ0n) is 14.3. The van der Waals surface area contributed by atoms with Crippen molar-refractivity contribution < 1.29 is 4.79 Å². The standard InChI is InChI=1S/C21H22N2OS/c1-23(15-18-5-3-2-4-6-18)21(24)13-17-7-9-20(10-8-17)22-14-19-11-12-25-16-19/h2-12,16,22H,13-15H2,1H3. The molecule has 0 aliphatic heterocycles. The van der Waals surface area contributed by atoms with Gasteiger partial charge in [0.1, 0.15) is 0 Å². The second-order valence-electron chi connectivity index (χ2n) is 6.09. The fraction of sp³-hybridized carbons (Fsp3) is 0.190. The third-order valence-electron chi connectivity index (χ3n) is 4.07. The molecule has 2 aromatic carbocycles. The van der Waals surface area contributed by atoms with Gasteiger partial charge in [0.05, 0.1) is 6.42 Å². The van der Waals surface area contributed by atoms with E-state index in [1.165, 1.54) is 5.56 Å². The van der Waals surface area contributed by atoms with E-state index in [0.717, 1.165) is 23.4 Å². The van der Waals surface area contributed by atoms with Crippen LogP contribution in [0.4, 0.5) is 5.69 Å². The van der Waals surface area contributed by atoms with Crippen LogP contribution in [0.1, 0.15) is 16.7 Å². The van der Waals surface area contributed by atoms with E-state index in [0.29, 0.717) is 13.0 Å². The first-order chi connectivity index (χ1) is 12.2. The van der Waals surface area contributed by atoms with E-state index < -0.39 is 0 Å². The van der Waals surface area contributed by atoms with Crippen molar-refractivity contribution in [2.75, 3.05) is 12.4 Å². The molecular formula is C21H22N2OS. The molecule has 3 aromatic rings. The first kappa shape index (κ1) is 17.2. The van der Waals surface area contributed by atoms with E-state index >= 15 is 0 Å². The van der Waals surface area contributed by atoms with Crippen LogP contribution in [0.3, 0.4) is 0 Å². The molecule has 0 aliphatic carbocycles. The van der Waals surface area contributed by atoms with Crippen molar-refractivity contribution >= 4 is 22.9 Å². The second-order valence-corrected chi connectivity index (χ2v) is 6.87. The molecule has 128 valence electrons. The van der Waals surface area contributed by atoms with Gasteiger partial charge in [-0.15, -0.1) is 0 Å². The van der Waals surface area contributed by atoms with E-state index in [4.69, 9.17) is 0 Å². The van der Waals surface area contributed by atoms with Crippen molar-refractivity contribution in [1.82, 2.24) is 4.90 Å². The number of hydrogen-bond donors (Lipinski definition) is 1. The van der Waals surface area contributed by atoms with Crippen molar-refractivity contribution in [3.05, 3.63) is 88.1 Å². The summed E-state index contributed by atoms with van der Waals surface area (Å²) in [6.07, 6.45) is 0.425. The van der Waals surface area contributed by atoms with Gasteiger partial charge in [0.25, 0.3) is 0 Å². The van der Waals surface area contributed by atoms with E-state index in [9.17, 15) is 4.79 Å². The van der Waals surface area contributed by atoms with Gasteiger partial charge in [0, 0.05) is 25.8 Å². The lowest BCUT2D eigenvalue weighted by molar-refractivity contribution is -0.129. The van der Waals surface area contributed by atoms with Crippen molar-refractivity contribution in [3.63, 3.8) is 0 Å². The van der Waals surface area contributed by atoms with Gasteiger partial charge in [-0.25, -0.2) is 0 Å². The topological polar surface area (TPSA) is 32.3 Å². The Hall–Kier alpha value is -2.59. The van der Waals surface area contributed by atoms with Crippen molar-refractivity contribution in [1.29, 1.82) is 0 Å². The molecular weight excluding hydrogens is 328 g/mol. The fourth-order valence-corrected chi connectivity index (χ4v) is 3.26. The molecule has 1 N–H and O–H groups in total. The minimum atomic E-state index is 0.128. The number of nitrogens with zero attached hydrogens (tertiary/aromatic N) is 1. The van der Waals surface area contributed by atoms with Gasteiger partial charge in [-0.1, -0.05) is 42.5 Å². The Morgan fingerprint density at radius 3 is 2.40 bits per heavy atom. The van der Waals surface area contributed by atoms with Gasteiger partial charge in [-0.2, -0.15) is 11.3 Å². The summed E-state index contributed by atoms with van der Waals surface area (Å²) in [4.78, 5) is 14.2. The van der Waals surface area contributed by atoms with Gasteiger partial charge in [-0.3, -0.25) is 4.79 Å². The lowest BCUT2D eigenvalue weighted by Crippen LogP contribution is -2.27. The zero-order chi connectivity index (χ0) is 17.5. The number of carbonyl (C=O) groups is 1. The lowest BCUT2D eigenvalue weighted by Gasteiger charge is -2.17. The summed E-state index contributed by atoms with van der Waals surface area (Å²) in [6, 6.07) is 20.3. The SMILES string of the molecule is CN(Cc1ccccc1)C(=O)Cc1ccc(NCc2ccsc2)cc1. The first-order valence-corrected chi connectivity index (χ1v) is 9.27. The number of nitrogens with one attached hydrogen (secondary N) is 1. The van der Waals surface area contributed by atoms with Crippen LogP contribution < -0.4 is 5.32 Å². The monoisotopic (exact) mass is 350 g/mol. The Balaban J connectivity index is 1.51. The molecule has 0 fully saturated rings. The second kappa shape index (κ2) is 8.49. The first-order valence-electron chi connectivity index (χ1n) is 8.32. The van der Waals surface area contributed by atoms with Crippen LogP contribution in [0.2, 0.25) is 0 Å². The normalized spacial score (nSPS) is 10.4. The van der Waals surface area contributed by atoms with Crippen LogP contribution in [0.5, 0.6) is 0 Å². The maximum Gasteiger partial charge on any atom is 0.227 e. The quantitative estimate of drug-likeness (QED) is 0.677. The summed E-state index contributed by atoms with van der Waals surface area (Å²) in [5, 5.41) is 7.62. The maximum atomic E-state index is 12.4. The van der Waals surface area contributed by atoms with Crippen LogP contribution in [-0.4, -0.2) is 17.9 Å². The molecule has 0 aliphatic rings. The molecule has 1 amide bonds. The smallest absolute Gasteiger partial charge is 0.227 e. The minimum absolute atomic E-state index is 0.128. The molecule has 25 heavy (non-hydrogen) atoms. The summed E-state index contributed by atoms with van der Waals surface area (Å²) in [7, 11) is 1.85. The maximum absolute atomic E-state index is 12.4. The number of rotatable bonds is 7. The number of anilines is 1. The largest absolute Gasteiger partial charge is 0.381 e. The third kappa shape index (κ3) is 5.19. The number of likely N-dealkylation sites (N-methyl/N-ethyl adjacent to an activating group) is 1. The molecule has 0 saturated heterocycles. The Kier molecular flexibility index (Phi) is 5.86. The van der Waals surface area contributed by atoms with E-state index in [-0.39, 0.29) is 5.91 Å².